The minimum Gasteiger partial charge on any atom is -0.342 e. The van der Waals surface area contributed by atoms with E-state index in [0.717, 1.165) is 22.8 Å². The van der Waals surface area contributed by atoms with Gasteiger partial charge in [-0.25, -0.2) is 15.0 Å². The van der Waals surface area contributed by atoms with Gasteiger partial charge in [0.05, 0.1) is 5.69 Å². The Morgan fingerprint density at radius 3 is 3.07 bits per heavy atom. The van der Waals surface area contributed by atoms with Crippen molar-refractivity contribution in [2.45, 2.75) is 11.5 Å². The van der Waals surface area contributed by atoms with E-state index in [2.05, 4.69) is 19.9 Å². The lowest BCUT2D eigenvalue weighted by Gasteiger charge is -2.02. The molecule has 2 aromatic heterocycles. The molecule has 0 spiro atoms. The Morgan fingerprint density at radius 1 is 1.33 bits per heavy atom. The van der Waals surface area contributed by atoms with Gasteiger partial charge in [0.2, 0.25) is 0 Å². The largest absolute Gasteiger partial charge is 0.342 e. The number of imidazole rings is 1. The van der Waals surface area contributed by atoms with Crippen molar-refractivity contribution in [1.29, 1.82) is 0 Å². The molecule has 0 bridgehead atoms. The molecule has 0 atom stereocenters. The molecule has 15 heavy (non-hydrogen) atoms. The van der Waals surface area contributed by atoms with E-state index in [-0.39, 0.29) is 0 Å². The van der Waals surface area contributed by atoms with E-state index < -0.39 is 0 Å². The maximum Gasteiger partial charge on any atom is 0.197 e. The van der Waals surface area contributed by atoms with E-state index in [4.69, 9.17) is 11.6 Å². The normalized spacial score (nSPS) is 14.2. The highest BCUT2D eigenvalue weighted by molar-refractivity contribution is 7.98. The zero-order valence-corrected chi connectivity index (χ0v) is 9.27. The summed E-state index contributed by atoms with van der Waals surface area (Å²) in [5.74, 6) is 3.06. The van der Waals surface area contributed by atoms with Gasteiger partial charge >= 0.3 is 0 Å². The first-order chi connectivity index (χ1) is 7.34. The molecule has 6 heteroatoms. The Bertz CT molecular complexity index is 497. The number of nitrogens with one attached hydrogen (secondary N) is 1. The number of halogens is 1. The Morgan fingerprint density at radius 2 is 2.27 bits per heavy atom. The number of fused-ring (bicyclic) bond motifs is 1. The highest BCUT2D eigenvalue weighted by Gasteiger charge is 2.19. The summed E-state index contributed by atoms with van der Waals surface area (Å²) in [5, 5.41) is 0.552. The van der Waals surface area contributed by atoms with Crippen LogP contribution in [0, 0.1) is 0 Å². The molecule has 76 valence electrons. The molecule has 4 nitrogen and oxygen atoms in total. The Balaban J connectivity index is 2.15. The van der Waals surface area contributed by atoms with Crippen LogP contribution in [0.25, 0.3) is 11.6 Å². The third-order valence-electron chi connectivity index (χ3n) is 2.24. The molecule has 0 amide bonds. The molecule has 1 aliphatic rings. The zero-order valence-electron chi connectivity index (χ0n) is 7.70. The van der Waals surface area contributed by atoms with Crippen LogP contribution in [0.15, 0.2) is 12.4 Å². The minimum absolute atomic E-state index is 0.552. The van der Waals surface area contributed by atoms with Gasteiger partial charge in [-0.1, -0.05) is 11.6 Å². The number of H-pyrrole nitrogens is 1. The standard InChI is InChI=1S/C9H7ClN4S/c10-7-5-3-15-4-6(5)13-9(14-7)8-11-1-2-12-8/h1-2H,3-4H2,(H,11,12). The van der Waals surface area contributed by atoms with Crippen molar-refractivity contribution in [3.63, 3.8) is 0 Å². The molecule has 0 aromatic carbocycles. The van der Waals surface area contributed by atoms with Crippen LogP contribution in [0.4, 0.5) is 0 Å². The molecule has 0 radical (unpaired) electrons. The first-order valence-electron chi connectivity index (χ1n) is 4.47. The Labute approximate surface area is 95.5 Å². The van der Waals surface area contributed by atoms with E-state index in [0.29, 0.717) is 16.8 Å². The average molecular weight is 239 g/mol. The van der Waals surface area contributed by atoms with Gasteiger partial charge in [0, 0.05) is 29.5 Å². The van der Waals surface area contributed by atoms with Crippen molar-refractivity contribution in [2.75, 3.05) is 0 Å². The number of aromatic nitrogens is 4. The van der Waals surface area contributed by atoms with Crippen molar-refractivity contribution >= 4 is 23.4 Å². The lowest BCUT2D eigenvalue weighted by Crippen LogP contribution is -1.98. The van der Waals surface area contributed by atoms with Crippen molar-refractivity contribution in [3.05, 3.63) is 28.8 Å². The average Bonchev–Trinajstić information content (AvgIpc) is 2.88. The number of hydrogen-bond donors (Lipinski definition) is 1. The number of rotatable bonds is 1. The lowest BCUT2D eigenvalue weighted by atomic mass is 10.3. The molecule has 1 N–H and O–H groups in total. The second kappa shape index (κ2) is 3.50. The smallest absolute Gasteiger partial charge is 0.197 e. The van der Waals surface area contributed by atoms with E-state index in [1.165, 1.54) is 0 Å². The topological polar surface area (TPSA) is 54.5 Å². The van der Waals surface area contributed by atoms with Gasteiger partial charge in [-0.15, -0.1) is 0 Å². The van der Waals surface area contributed by atoms with Crippen LogP contribution in [0.1, 0.15) is 11.3 Å². The molecular weight excluding hydrogens is 232 g/mol. The molecule has 3 rings (SSSR count). The van der Waals surface area contributed by atoms with Crippen molar-refractivity contribution in [1.82, 2.24) is 19.9 Å². The molecule has 0 saturated carbocycles. The lowest BCUT2D eigenvalue weighted by molar-refractivity contribution is 1.05. The second-order valence-corrected chi connectivity index (χ2v) is 4.54. The van der Waals surface area contributed by atoms with Crippen molar-refractivity contribution in [3.8, 4) is 11.6 Å². The molecular formula is C9H7ClN4S. The highest BCUT2D eigenvalue weighted by atomic mass is 35.5. The summed E-state index contributed by atoms with van der Waals surface area (Å²) in [5.41, 5.74) is 2.10. The maximum absolute atomic E-state index is 6.09. The van der Waals surface area contributed by atoms with Crippen LogP contribution in [-0.4, -0.2) is 19.9 Å². The SMILES string of the molecule is Clc1nc(-c2ncc[nH]2)nc2c1CSC2. The van der Waals surface area contributed by atoms with Crippen LogP contribution in [0.2, 0.25) is 5.15 Å². The number of nitrogens with zero attached hydrogens (tertiary/aromatic N) is 3. The molecule has 3 heterocycles. The molecule has 1 aliphatic heterocycles. The molecule has 0 aliphatic carbocycles. The minimum atomic E-state index is 0.552. The zero-order chi connectivity index (χ0) is 10.3. The maximum atomic E-state index is 6.09. The summed E-state index contributed by atoms with van der Waals surface area (Å²) in [7, 11) is 0. The predicted octanol–water partition coefficient (Wildman–Crippen LogP) is 2.27. The van der Waals surface area contributed by atoms with E-state index in [1.807, 2.05) is 0 Å². The van der Waals surface area contributed by atoms with Gasteiger partial charge in [0.15, 0.2) is 11.6 Å². The number of aromatic amines is 1. The third kappa shape index (κ3) is 1.52. The number of hydrogen-bond acceptors (Lipinski definition) is 4. The van der Waals surface area contributed by atoms with Gasteiger partial charge in [-0.2, -0.15) is 11.8 Å². The van der Waals surface area contributed by atoms with Crippen molar-refractivity contribution < 1.29 is 0 Å². The summed E-state index contributed by atoms with van der Waals surface area (Å²) in [6.07, 6.45) is 3.42. The first kappa shape index (κ1) is 9.18. The Kier molecular flexibility index (Phi) is 2.14. The van der Waals surface area contributed by atoms with Crippen LogP contribution in [0.5, 0.6) is 0 Å². The van der Waals surface area contributed by atoms with E-state index in [1.54, 1.807) is 24.2 Å². The summed E-state index contributed by atoms with van der Waals surface area (Å²) >= 11 is 7.89. The monoisotopic (exact) mass is 238 g/mol. The summed E-state index contributed by atoms with van der Waals surface area (Å²) < 4.78 is 0. The Hall–Kier alpha value is -1.07. The summed E-state index contributed by atoms with van der Waals surface area (Å²) in [6, 6.07) is 0. The summed E-state index contributed by atoms with van der Waals surface area (Å²) in [4.78, 5) is 15.8. The first-order valence-corrected chi connectivity index (χ1v) is 6.00. The molecule has 0 fully saturated rings. The fraction of sp³-hybridized carbons (Fsp3) is 0.222. The van der Waals surface area contributed by atoms with Gasteiger partial charge in [0.1, 0.15) is 5.15 Å². The quantitative estimate of drug-likeness (QED) is 0.775. The van der Waals surface area contributed by atoms with Crippen LogP contribution < -0.4 is 0 Å². The highest BCUT2D eigenvalue weighted by Crippen LogP contribution is 2.33. The fourth-order valence-electron chi connectivity index (χ4n) is 1.51. The van der Waals surface area contributed by atoms with E-state index in [9.17, 15) is 0 Å². The van der Waals surface area contributed by atoms with Gasteiger partial charge < -0.3 is 4.98 Å². The second-order valence-electron chi connectivity index (χ2n) is 3.19. The molecule has 0 unspecified atom stereocenters. The van der Waals surface area contributed by atoms with Gasteiger partial charge in [-0.05, 0) is 0 Å². The van der Waals surface area contributed by atoms with Gasteiger partial charge in [0.25, 0.3) is 0 Å². The molecule has 2 aromatic rings. The van der Waals surface area contributed by atoms with Crippen LogP contribution >= 0.6 is 23.4 Å². The van der Waals surface area contributed by atoms with Crippen LogP contribution in [0.3, 0.4) is 0 Å². The van der Waals surface area contributed by atoms with E-state index >= 15 is 0 Å². The predicted molar refractivity (Wildman–Crippen MR) is 59.6 cm³/mol. The van der Waals surface area contributed by atoms with Gasteiger partial charge in [-0.3, -0.25) is 0 Å². The van der Waals surface area contributed by atoms with Crippen molar-refractivity contribution in [2.24, 2.45) is 0 Å². The molecule has 0 saturated heterocycles. The third-order valence-corrected chi connectivity index (χ3v) is 3.52. The fourth-order valence-corrected chi connectivity index (χ4v) is 2.88. The van der Waals surface area contributed by atoms with Crippen LogP contribution in [-0.2, 0) is 11.5 Å². The summed E-state index contributed by atoms with van der Waals surface area (Å²) in [6.45, 7) is 0. The number of thioether (sulfide) groups is 1.